The van der Waals surface area contributed by atoms with E-state index in [1.807, 2.05) is 36.4 Å². The van der Waals surface area contributed by atoms with Crippen LogP contribution in [-0.4, -0.2) is 17.3 Å². The Morgan fingerprint density at radius 1 is 1.11 bits per heavy atom. The molecule has 0 spiro atoms. The molecule has 0 radical (unpaired) electrons. The molecule has 96 valence electrons. The van der Waals surface area contributed by atoms with Gasteiger partial charge in [-0.15, -0.1) is 23.5 Å². The number of carbonyl (C=O) groups excluding carboxylic acids is 1. The zero-order valence-corrected chi connectivity index (χ0v) is 12.4. The van der Waals surface area contributed by atoms with Gasteiger partial charge in [0, 0.05) is 10.3 Å². The van der Waals surface area contributed by atoms with Crippen LogP contribution in [0.4, 0.5) is 0 Å². The van der Waals surface area contributed by atoms with Gasteiger partial charge in [-0.1, -0.05) is 50.3 Å². The number of thioether (sulfide) groups is 2. The minimum absolute atomic E-state index is 0.0516. The van der Waals surface area contributed by atoms with Crippen molar-refractivity contribution in [1.82, 2.24) is 0 Å². The molecule has 0 aliphatic carbocycles. The van der Waals surface area contributed by atoms with Crippen LogP contribution >= 0.6 is 23.5 Å². The molecule has 0 unspecified atom stereocenters. The molecule has 0 N–H and O–H groups in total. The lowest BCUT2D eigenvalue weighted by Crippen LogP contribution is -1.87. The second-order valence-corrected chi connectivity index (χ2v) is 6.35. The fourth-order valence-corrected chi connectivity index (χ4v) is 3.32. The molecule has 0 heterocycles. The fraction of sp³-hybridized carbons (Fsp3) is 0.267. The summed E-state index contributed by atoms with van der Waals surface area (Å²) in [5.74, 6) is 2.04. The third-order valence-corrected chi connectivity index (χ3v) is 4.16. The van der Waals surface area contributed by atoms with Crippen molar-refractivity contribution in [2.75, 3.05) is 11.5 Å². The van der Waals surface area contributed by atoms with Crippen molar-refractivity contribution in [2.24, 2.45) is 0 Å². The highest BCUT2D eigenvalue weighted by atomic mass is 32.2. The highest BCUT2D eigenvalue weighted by molar-refractivity contribution is 8.22. The van der Waals surface area contributed by atoms with Crippen LogP contribution in [0.3, 0.4) is 0 Å². The van der Waals surface area contributed by atoms with Gasteiger partial charge in [-0.3, -0.25) is 4.79 Å². The predicted molar refractivity (Wildman–Crippen MR) is 84.8 cm³/mol. The Morgan fingerprint density at radius 3 is 2.28 bits per heavy atom. The average molecular weight is 278 g/mol. The molecule has 0 saturated heterocycles. The molecule has 1 rings (SSSR count). The van der Waals surface area contributed by atoms with E-state index in [2.05, 4.69) is 13.8 Å². The monoisotopic (exact) mass is 278 g/mol. The summed E-state index contributed by atoms with van der Waals surface area (Å²) < 4.78 is 1.10. The van der Waals surface area contributed by atoms with Gasteiger partial charge in [0.2, 0.25) is 0 Å². The lowest BCUT2D eigenvalue weighted by Gasteiger charge is -2.01. The molecule has 0 aliphatic heterocycles. The van der Waals surface area contributed by atoms with Crippen LogP contribution in [0.5, 0.6) is 0 Å². The Hall–Kier alpha value is -0.930. The zero-order chi connectivity index (χ0) is 13.2. The van der Waals surface area contributed by atoms with Crippen LogP contribution in [0, 0.1) is 0 Å². The Bertz CT molecular complexity index is 413. The molecule has 0 atom stereocenters. The number of benzene rings is 1. The third-order valence-electron chi connectivity index (χ3n) is 2.07. The maximum Gasteiger partial charge on any atom is 0.180 e. The molecular formula is C15H18OS2. The SMILES string of the molecule is CCSC(=CC(=O)/C=C/c1ccccc1)SCC. The number of hydrogen-bond donors (Lipinski definition) is 0. The summed E-state index contributed by atoms with van der Waals surface area (Å²) in [7, 11) is 0. The Morgan fingerprint density at radius 2 is 1.72 bits per heavy atom. The van der Waals surface area contributed by atoms with Gasteiger partial charge in [-0.05, 0) is 23.1 Å². The van der Waals surface area contributed by atoms with Gasteiger partial charge in [0.15, 0.2) is 5.78 Å². The summed E-state index contributed by atoms with van der Waals surface area (Å²) in [6.45, 7) is 4.19. The van der Waals surface area contributed by atoms with Crippen LogP contribution < -0.4 is 0 Å². The maximum atomic E-state index is 11.8. The standard InChI is InChI=1S/C15H18OS2/c1-3-17-15(18-4-2)12-14(16)11-10-13-8-6-5-7-9-13/h5-12H,3-4H2,1-2H3/b11-10+. The molecule has 1 nitrogen and oxygen atoms in total. The summed E-state index contributed by atoms with van der Waals surface area (Å²) in [5.41, 5.74) is 1.05. The van der Waals surface area contributed by atoms with Crippen LogP contribution in [0.2, 0.25) is 0 Å². The highest BCUT2D eigenvalue weighted by Gasteiger charge is 1.99. The van der Waals surface area contributed by atoms with Gasteiger partial charge in [-0.2, -0.15) is 0 Å². The lowest BCUT2D eigenvalue weighted by atomic mass is 10.2. The molecule has 3 heteroatoms. The van der Waals surface area contributed by atoms with E-state index in [4.69, 9.17) is 0 Å². The van der Waals surface area contributed by atoms with E-state index in [1.54, 1.807) is 35.7 Å². The van der Waals surface area contributed by atoms with Crippen molar-refractivity contribution in [3.05, 3.63) is 52.3 Å². The zero-order valence-electron chi connectivity index (χ0n) is 10.8. The molecule has 0 bridgehead atoms. The number of hydrogen-bond acceptors (Lipinski definition) is 3. The molecule has 0 fully saturated rings. The minimum Gasteiger partial charge on any atom is -0.290 e. The highest BCUT2D eigenvalue weighted by Crippen LogP contribution is 2.27. The molecular weight excluding hydrogens is 260 g/mol. The van der Waals surface area contributed by atoms with E-state index >= 15 is 0 Å². The van der Waals surface area contributed by atoms with Crippen molar-refractivity contribution >= 4 is 35.4 Å². The van der Waals surface area contributed by atoms with Crippen molar-refractivity contribution in [2.45, 2.75) is 13.8 Å². The summed E-state index contributed by atoms with van der Waals surface area (Å²) in [6, 6.07) is 9.86. The van der Waals surface area contributed by atoms with Crippen LogP contribution in [0.15, 0.2) is 46.7 Å². The van der Waals surface area contributed by atoms with Gasteiger partial charge in [0.25, 0.3) is 0 Å². The molecule has 0 saturated carbocycles. The first kappa shape index (κ1) is 15.1. The Balaban J connectivity index is 2.64. The molecule has 18 heavy (non-hydrogen) atoms. The van der Waals surface area contributed by atoms with E-state index in [0.717, 1.165) is 21.3 Å². The summed E-state index contributed by atoms with van der Waals surface area (Å²) in [6.07, 6.45) is 5.20. The van der Waals surface area contributed by atoms with Crippen LogP contribution in [0.1, 0.15) is 19.4 Å². The largest absolute Gasteiger partial charge is 0.290 e. The quantitative estimate of drug-likeness (QED) is 0.678. The topological polar surface area (TPSA) is 17.1 Å². The molecule has 1 aromatic carbocycles. The van der Waals surface area contributed by atoms with E-state index in [9.17, 15) is 4.79 Å². The van der Waals surface area contributed by atoms with Gasteiger partial charge >= 0.3 is 0 Å². The Kier molecular flexibility index (Phi) is 7.62. The van der Waals surface area contributed by atoms with E-state index in [1.165, 1.54) is 0 Å². The Labute approximate surface area is 118 Å². The molecule has 0 amide bonds. The van der Waals surface area contributed by atoms with Gasteiger partial charge in [0.05, 0.1) is 0 Å². The minimum atomic E-state index is 0.0516. The normalized spacial score (nSPS) is 10.6. The summed E-state index contributed by atoms with van der Waals surface area (Å²) in [5, 5.41) is 0. The van der Waals surface area contributed by atoms with Crippen LogP contribution in [0.25, 0.3) is 6.08 Å². The first-order chi connectivity index (χ1) is 8.76. The fourth-order valence-electron chi connectivity index (χ4n) is 1.32. The second-order valence-electron chi connectivity index (χ2n) is 3.48. The van der Waals surface area contributed by atoms with E-state index in [-0.39, 0.29) is 5.78 Å². The molecule has 1 aromatic rings. The van der Waals surface area contributed by atoms with Crippen molar-refractivity contribution in [1.29, 1.82) is 0 Å². The van der Waals surface area contributed by atoms with Gasteiger partial charge < -0.3 is 0 Å². The predicted octanol–water partition coefficient (Wildman–Crippen LogP) is 4.62. The maximum absolute atomic E-state index is 11.8. The average Bonchev–Trinajstić information content (AvgIpc) is 2.38. The van der Waals surface area contributed by atoms with E-state index < -0.39 is 0 Å². The van der Waals surface area contributed by atoms with Gasteiger partial charge in [0.1, 0.15) is 0 Å². The van der Waals surface area contributed by atoms with Crippen molar-refractivity contribution < 1.29 is 4.79 Å². The lowest BCUT2D eigenvalue weighted by molar-refractivity contribution is -0.110. The second kappa shape index (κ2) is 9.06. The summed E-state index contributed by atoms with van der Waals surface area (Å²) in [4.78, 5) is 11.8. The molecule has 0 aliphatic rings. The number of ketones is 1. The van der Waals surface area contributed by atoms with Crippen LogP contribution in [-0.2, 0) is 4.79 Å². The third kappa shape index (κ3) is 6.12. The number of rotatable bonds is 7. The number of carbonyl (C=O) groups is 1. The first-order valence-corrected chi connectivity index (χ1v) is 7.97. The van der Waals surface area contributed by atoms with Crippen molar-refractivity contribution in [3.8, 4) is 0 Å². The number of allylic oxidation sites excluding steroid dienone is 2. The van der Waals surface area contributed by atoms with Gasteiger partial charge in [-0.25, -0.2) is 0 Å². The van der Waals surface area contributed by atoms with E-state index in [0.29, 0.717) is 0 Å². The molecule has 0 aromatic heterocycles. The first-order valence-electron chi connectivity index (χ1n) is 6.00. The van der Waals surface area contributed by atoms with Crippen molar-refractivity contribution in [3.63, 3.8) is 0 Å². The summed E-state index contributed by atoms with van der Waals surface area (Å²) >= 11 is 3.44. The smallest absolute Gasteiger partial charge is 0.180 e.